The Bertz CT molecular complexity index is 780. The monoisotopic (exact) mass is 328 g/mol. The van der Waals surface area contributed by atoms with Gasteiger partial charge in [0.25, 0.3) is 0 Å². The zero-order chi connectivity index (χ0) is 16.9. The summed E-state index contributed by atoms with van der Waals surface area (Å²) in [6.45, 7) is 8.22. The molecular formula is C16H20N6O2. The van der Waals surface area contributed by atoms with Crippen LogP contribution in [0.4, 0.5) is 5.82 Å². The quantitative estimate of drug-likeness (QED) is 0.820. The Hall–Kier alpha value is -2.51. The molecule has 1 saturated heterocycles. The van der Waals surface area contributed by atoms with Crippen LogP contribution in [0.1, 0.15) is 31.3 Å². The molecule has 0 saturated carbocycles. The first-order valence-corrected chi connectivity index (χ1v) is 8.14. The lowest BCUT2D eigenvalue weighted by Gasteiger charge is -2.47. The fourth-order valence-electron chi connectivity index (χ4n) is 3.58. The van der Waals surface area contributed by atoms with Crippen molar-refractivity contribution in [3.05, 3.63) is 29.8 Å². The number of carbonyl (C=O) groups is 1. The first kappa shape index (κ1) is 15.0. The molecule has 2 aromatic heterocycles. The van der Waals surface area contributed by atoms with Crippen LogP contribution in [0.3, 0.4) is 0 Å². The number of rotatable bonds is 3. The normalized spacial score (nSPS) is 18.2. The third kappa shape index (κ3) is 2.24. The summed E-state index contributed by atoms with van der Waals surface area (Å²) in [4.78, 5) is 29.7. The topological polar surface area (TPSA) is 88.3 Å². The summed E-state index contributed by atoms with van der Waals surface area (Å²) >= 11 is 0. The van der Waals surface area contributed by atoms with Crippen LogP contribution in [0.2, 0.25) is 0 Å². The van der Waals surface area contributed by atoms with Gasteiger partial charge in [0.05, 0.1) is 11.1 Å². The minimum absolute atomic E-state index is 0.0118. The molecule has 24 heavy (non-hydrogen) atoms. The summed E-state index contributed by atoms with van der Waals surface area (Å²) in [5, 5.41) is 3.72. The first-order valence-electron chi connectivity index (χ1n) is 8.14. The van der Waals surface area contributed by atoms with Crippen molar-refractivity contribution < 1.29 is 9.32 Å². The van der Waals surface area contributed by atoms with Gasteiger partial charge in [-0.25, -0.2) is 4.98 Å². The number of likely N-dealkylation sites (tertiary alicyclic amines) is 1. The van der Waals surface area contributed by atoms with Gasteiger partial charge in [-0.05, 0) is 20.8 Å². The third-order valence-electron chi connectivity index (χ3n) is 4.76. The molecule has 126 valence electrons. The molecule has 1 amide bonds. The summed E-state index contributed by atoms with van der Waals surface area (Å²) in [6.07, 6.45) is 3.61. The SMILES string of the molecule is Cc1noc(CC(=O)N2CC3(C2)CN(C(C)C)c2nccnc23)n1. The van der Waals surface area contributed by atoms with E-state index in [2.05, 4.69) is 38.9 Å². The molecule has 0 radical (unpaired) electrons. The van der Waals surface area contributed by atoms with Crippen LogP contribution < -0.4 is 4.90 Å². The van der Waals surface area contributed by atoms with E-state index in [1.165, 1.54) is 0 Å². The number of aromatic nitrogens is 4. The molecule has 0 atom stereocenters. The molecule has 2 aliphatic heterocycles. The summed E-state index contributed by atoms with van der Waals surface area (Å²) in [5.41, 5.74) is 0.908. The van der Waals surface area contributed by atoms with Crippen molar-refractivity contribution in [2.24, 2.45) is 0 Å². The molecule has 0 unspecified atom stereocenters. The Kier molecular flexibility index (Phi) is 3.29. The molecule has 1 spiro atoms. The van der Waals surface area contributed by atoms with Crippen molar-refractivity contribution in [3.63, 3.8) is 0 Å². The Balaban J connectivity index is 1.49. The van der Waals surface area contributed by atoms with Gasteiger partial charge in [0.2, 0.25) is 11.8 Å². The molecule has 0 N–H and O–H groups in total. The van der Waals surface area contributed by atoms with Gasteiger partial charge in [-0.1, -0.05) is 5.16 Å². The van der Waals surface area contributed by atoms with E-state index in [-0.39, 0.29) is 17.7 Å². The molecule has 2 aliphatic rings. The highest BCUT2D eigenvalue weighted by atomic mass is 16.5. The van der Waals surface area contributed by atoms with Crippen LogP contribution in [0.25, 0.3) is 0 Å². The van der Waals surface area contributed by atoms with Gasteiger partial charge in [-0.3, -0.25) is 9.78 Å². The smallest absolute Gasteiger partial charge is 0.236 e. The zero-order valence-corrected chi connectivity index (χ0v) is 14.1. The van der Waals surface area contributed by atoms with E-state index in [9.17, 15) is 4.79 Å². The first-order chi connectivity index (χ1) is 11.5. The van der Waals surface area contributed by atoms with Crippen molar-refractivity contribution in [2.45, 2.75) is 38.6 Å². The fourth-order valence-corrected chi connectivity index (χ4v) is 3.58. The third-order valence-corrected chi connectivity index (χ3v) is 4.76. The average Bonchev–Trinajstić information content (AvgIpc) is 3.07. The predicted octanol–water partition coefficient (Wildman–Crippen LogP) is 0.719. The second-order valence-corrected chi connectivity index (χ2v) is 6.89. The largest absolute Gasteiger partial charge is 0.352 e. The molecule has 8 nitrogen and oxygen atoms in total. The van der Waals surface area contributed by atoms with Crippen molar-refractivity contribution in [1.82, 2.24) is 25.0 Å². The van der Waals surface area contributed by atoms with Crippen molar-refractivity contribution >= 4 is 11.7 Å². The van der Waals surface area contributed by atoms with Gasteiger partial charge in [0, 0.05) is 38.1 Å². The number of hydrogen-bond acceptors (Lipinski definition) is 7. The van der Waals surface area contributed by atoms with E-state index in [1.54, 1.807) is 19.3 Å². The van der Waals surface area contributed by atoms with Crippen molar-refractivity contribution in [3.8, 4) is 0 Å². The number of anilines is 1. The molecular weight excluding hydrogens is 308 g/mol. The van der Waals surface area contributed by atoms with Crippen LogP contribution in [0.5, 0.6) is 0 Å². The van der Waals surface area contributed by atoms with E-state index >= 15 is 0 Å². The lowest BCUT2D eigenvalue weighted by atomic mass is 9.78. The van der Waals surface area contributed by atoms with E-state index in [0.717, 1.165) is 18.1 Å². The highest BCUT2D eigenvalue weighted by molar-refractivity contribution is 5.80. The molecule has 1 fully saturated rings. The van der Waals surface area contributed by atoms with Crippen molar-refractivity contribution in [2.75, 3.05) is 24.5 Å². The van der Waals surface area contributed by atoms with Crippen LogP contribution in [0.15, 0.2) is 16.9 Å². The Labute approximate surface area is 139 Å². The van der Waals surface area contributed by atoms with Gasteiger partial charge >= 0.3 is 0 Å². The van der Waals surface area contributed by atoms with Gasteiger partial charge in [0.15, 0.2) is 11.6 Å². The molecule has 0 aliphatic carbocycles. The average molecular weight is 328 g/mol. The lowest BCUT2D eigenvalue weighted by molar-refractivity contribution is -0.138. The van der Waals surface area contributed by atoms with Crippen LogP contribution in [0, 0.1) is 6.92 Å². The number of amides is 1. The van der Waals surface area contributed by atoms with Crippen LogP contribution >= 0.6 is 0 Å². The van der Waals surface area contributed by atoms with E-state index in [1.807, 2.05) is 4.90 Å². The Morgan fingerprint density at radius 1 is 1.29 bits per heavy atom. The number of carbonyl (C=O) groups excluding carboxylic acids is 1. The number of fused-ring (bicyclic) bond motifs is 2. The molecule has 8 heteroatoms. The maximum absolute atomic E-state index is 12.4. The van der Waals surface area contributed by atoms with E-state index in [4.69, 9.17) is 4.52 Å². The standard InChI is InChI=1S/C16H20N6O2/c1-10(2)22-9-16(14-15(22)18-5-4-17-14)7-21(8-16)13(23)6-12-19-11(3)20-24-12/h4-5,10H,6-9H2,1-3H3. The number of aryl methyl sites for hydroxylation is 1. The summed E-state index contributed by atoms with van der Waals surface area (Å²) in [7, 11) is 0. The summed E-state index contributed by atoms with van der Waals surface area (Å²) in [6, 6.07) is 0.353. The van der Waals surface area contributed by atoms with Gasteiger partial charge < -0.3 is 14.3 Å². The fraction of sp³-hybridized carbons (Fsp3) is 0.562. The van der Waals surface area contributed by atoms with E-state index in [0.29, 0.717) is 30.8 Å². The maximum atomic E-state index is 12.4. The Morgan fingerprint density at radius 2 is 2.04 bits per heavy atom. The molecule has 0 aromatic carbocycles. The summed E-state index contributed by atoms with van der Waals surface area (Å²) in [5.74, 6) is 1.88. The highest BCUT2D eigenvalue weighted by Crippen LogP contribution is 2.44. The maximum Gasteiger partial charge on any atom is 0.236 e. The van der Waals surface area contributed by atoms with E-state index < -0.39 is 0 Å². The molecule has 4 heterocycles. The van der Waals surface area contributed by atoms with Gasteiger partial charge in [-0.15, -0.1) is 0 Å². The summed E-state index contributed by atoms with van der Waals surface area (Å²) < 4.78 is 5.04. The molecule has 4 rings (SSSR count). The van der Waals surface area contributed by atoms with Crippen LogP contribution in [-0.2, 0) is 16.6 Å². The van der Waals surface area contributed by atoms with Gasteiger partial charge in [0.1, 0.15) is 6.42 Å². The minimum Gasteiger partial charge on any atom is -0.352 e. The van der Waals surface area contributed by atoms with Gasteiger partial charge in [-0.2, -0.15) is 4.98 Å². The second kappa shape index (κ2) is 5.25. The van der Waals surface area contributed by atoms with Crippen LogP contribution in [-0.4, -0.2) is 56.6 Å². The number of nitrogens with zero attached hydrogens (tertiary/aromatic N) is 6. The molecule has 0 bridgehead atoms. The minimum atomic E-state index is -0.103. The predicted molar refractivity (Wildman–Crippen MR) is 85.5 cm³/mol. The van der Waals surface area contributed by atoms with Crippen molar-refractivity contribution in [1.29, 1.82) is 0 Å². The highest BCUT2D eigenvalue weighted by Gasteiger charge is 2.54. The second-order valence-electron chi connectivity index (χ2n) is 6.89. The zero-order valence-electron chi connectivity index (χ0n) is 14.1. The lowest BCUT2D eigenvalue weighted by Crippen LogP contribution is -2.63. The number of hydrogen-bond donors (Lipinski definition) is 0. The Morgan fingerprint density at radius 3 is 2.71 bits per heavy atom. The molecule has 2 aromatic rings.